The largest absolute Gasteiger partial charge is 0.339 e. The zero-order valence-electron chi connectivity index (χ0n) is 8.36. The van der Waals surface area contributed by atoms with Crippen LogP contribution in [0.4, 0.5) is 0 Å². The number of hydrogen-bond donors (Lipinski definition) is 1. The predicted octanol–water partition coefficient (Wildman–Crippen LogP) is 1.38. The van der Waals surface area contributed by atoms with Crippen molar-refractivity contribution >= 4 is 0 Å². The molecule has 0 saturated carbocycles. The molecule has 2 fully saturated rings. The van der Waals surface area contributed by atoms with Gasteiger partial charge in [0.05, 0.1) is 5.92 Å². The van der Waals surface area contributed by atoms with Crippen LogP contribution >= 0.6 is 0 Å². The van der Waals surface area contributed by atoms with Crippen LogP contribution in [0.2, 0.25) is 0 Å². The van der Waals surface area contributed by atoms with Crippen molar-refractivity contribution in [3.63, 3.8) is 0 Å². The first-order valence-corrected chi connectivity index (χ1v) is 5.39. The zero-order valence-corrected chi connectivity index (χ0v) is 8.36. The average Bonchev–Trinajstić information content (AvgIpc) is 2.71. The maximum Gasteiger partial charge on any atom is 0.231 e. The molecule has 2 saturated heterocycles. The van der Waals surface area contributed by atoms with Gasteiger partial charge in [-0.2, -0.15) is 4.98 Å². The van der Waals surface area contributed by atoms with Gasteiger partial charge in [0, 0.05) is 12.1 Å². The van der Waals surface area contributed by atoms with Crippen molar-refractivity contribution in [1.82, 2.24) is 15.5 Å². The maximum atomic E-state index is 5.26. The van der Waals surface area contributed by atoms with Gasteiger partial charge in [-0.15, -0.1) is 0 Å². The highest BCUT2D eigenvalue weighted by Gasteiger charge is 2.39. The molecule has 0 spiro atoms. The fourth-order valence-electron chi connectivity index (χ4n) is 2.76. The summed E-state index contributed by atoms with van der Waals surface area (Å²) in [5, 5.41) is 7.48. The van der Waals surface area contributed by atoms with Gasteiger partial charge in [0.1, 0.15) is 0 Å². The lowest BCUT2D eigenvalue weighted by Gasteiger charge is -2.21. The van der Waals surface area contributed by atoms with Gasteiger partial charge in [-0.05, 0) is 26.2 Å². The summed E-state index contributed by atoms with van der Waals surface area (Å²) < 4.78 is 5.26. The second-order valence-corrected chi connectivity index (χ2v) is 4.42. The highest BCUT2D eigenvalue weighted by molar-refractivity contribution is 5.07. The summed E-state index contributed by atoms with van der Waals surface area (Å²) in [6, 6.07) is 1.26. The van der Waals surface area contributed by atoms with E-state index >= 15 is 0 Å². The quantitative estimate of drug-likeness (QED) is 0.732. The average molecular weight is 193 g/mol. The number of piperidine rings is 1. The summed E-state index contributed by atoms with van der Waals surface area (Å²) in [6.07, 6.45) is 5.07. The van der Waals surface area contributed by atoms with Crippen molar-refractivity contribution in [2.75, 3.05) is 0 Å². The Bertz CT molecular complexity index is 336. The number of aryl methyl sites for hydroxylation is 1. The second-order valence-electron chi connectivity index (χ2n) is 4.42. The molecule has 3 heterocycles. The fourth-order valence-corrected chi connectivity index (χ4v) is 2.76. The Morgan fingerprint density at radius 1 is 1.43 bits per heavy atom. The molecule has 0 radical (unpaired) electrons. The third-order valence-electron chi connectivity index (χ3n) is 3.40. The van der Waals surface area contributed by atoms with Gasteiger partial charge < -0.3 is 9.84 Å². The first-order chi connectivity index (χ1) is 6.83. The van der Waals surface area contributed by atoms with Crippen LogP contribution in [-0.2, 0) is 0 Å². The molecule has 14 heavy (non-hydrogen) atoms. The molecule has 2 aliphatic heterocycles. The molecule has 2 bridgehead atoms. The van der Waals surface area contributed by atoms with E-state index in [1.54, 1.807) is 0 Å². The van der Waals surface area contributed by atoms with Crippen LogP contribution in [0, 0.1) is 6.92 Å². The van der Waals surface area contributed by atoms with Crippen LogP contribution < -0.4 is 5.32 Å². The van der Waals surface area contributed by atoms with E-state index in [4.69, 9.17) is 4.52 Å². The minimum absolute atomic E-state index is 0.462. The Balaban J connectivity index is 1.85. The van der Waals surface area contributed by atoms with Crippen LogP contribution in [0.15, 0.2) is 4.52 Å². The number of nitrogens with zero attached hydrogens (tertiary/aromatic N) is 2. The molecular weight excluding hydrogens is 178 g/mol. The molecular formula is C10H15N3O. The first-order valence-electron chi connectivity index (χ1n) is 5.39. The van der Waals surface area contributed by atoms with Crippen molar-refractivity contribution in [3.8, 4) is 0 Å². The van der Waals surface area contributed by atoms with Crippen molar-refractivity contribution < 1.29 is 4.52 Å². The van der Waals surface area contributed by atoms with E-state index in [0.717, 1.165) is 11.7 Å². The van der Waals surface area contributed by atoms with Gasteiger partial charge in [0.15, 0.2) is 5.82 Å². The monoisotopic (exact) mass is 193 g/mol. The van der Waals surface area contributed by atoms with Crippen LogP contribution in [0.5, 0.6) is 0 Å². The molecule has 1 N–H and O–H groups in total. The van der Waals surface area contributed by atoms with Crippen LogP contribution in [0.25, 0.3) is 0 Å². The normalized spacial score (nSPS) is 36.2. The van der Waals surface area contributed by atoms with E-state index in [2.05, 4.69) is 15.5 Å². The van der Waals surface area contributed by atoms with Crippen LogP contribution in [0.3, 0.4) is 0 Å². The summed E-state index contributed by atoms with van der Waals surface area (Å²) in [5.41, 5.74) is 0. The smallest absolute Gasteiger partial charge is 0.231 e. The molecule has 3 rings (SSSR count). The van der Waals surface area contributed by atoms with Crippen molar-refractivity contribution in [3.05, 3.63) is 11.7 Å². The van der Waals surface area contributed by atoms with E-state index < -0.39 is 0 Å². The van der Waals surface area contributed by atoms with Crippen molar-refractivity contribution in [2.24, 2.45) is 0 Å². The van der Waals surface area contributed by atoms with Gasteiger partial charge in [-0.3, -0.25) is 0 Å². The summed E-state index contributed by atoms with van der Waals surface area (Å²) >= 11 is 0. The molecule has 2 aliphatic rings. The van der Waals surface area contributed by atoms with Gasteiger partial charge >= 0.3 is 0 Å². The predicted molar refractivity (Wildman–Crippen MR) is 51.0 cm³/mol. The van der Waals surface area contributed by atoms with E-state index in [0.29, 0.717) is 18.0 Å². The lowest BCUT2D eigenvalue weighted by Crippen LogP contribution is -2.34. The lowest BCUT2D eigenvalue weighted by atomic mass is 9.99. The van der Waals surface area contributed by atoms with Crippen LogP contribution in [0.1, 0.15) is 43.3 Å². The second kappa shape index (κ2) is 3.05. The summed E-state index contributed by atoms with van der Waals surface area (Å²) in [7, 11) is 0. The van der Waals surface area contributed by atoms with Gasteiger partial charge in [-0.25, -0.2) is 0 Å². The highest BCUT2D eigenvalue weighted by Crippen LogP contribution is 2.37. The molecule has 0 amide bonds. The molecule has 0 aromatic carbocycles. The minimum atomic E-state index is 0.462. The number of nitrogens with one attached hydrogen (secondary N) is 1. The summed E-state index contributed by atoms with van der Waals surface area (Å²) in [4.78, 5) is 4.34. The molecule has 1 aromatic rings. The Morgan fingerprint density at radius 2 is 2.36 bits per heavy atom. The van der Waals surface area contributed by atoms with E-state index in [9.17, 15) is 0 Å². The topological polar surface area (TPSA) is 51.0 Å². The Hall–Kier alpha value is -0.900. The van der Waals surface area contributed by atoms with Crippen LogP contribution in [-0.4, -0.2) is 22.2 Å². The van der Waals surface area contributed by atoms with E-state index in [-0.39, 0.29) is 0 Å². The van der Waals surface area contributed by atoms with E-state index in [1.807, 2.05) is 6.92 Å². The third kappa shape index (κ3) is 1.25. The number of rotatable bonds is 1. The Morgan fingerprint density at radius 3 is 3.07 bits per heavy atom. The minimum Gasteiger partial charge on any atom is -0.339 e. The van der Waals surface area contributed by atoms with Gasteiger partial charge in [0.2, 0.25) is 5.89 Å². The molecule has 3 unspecified atom stereocenters. The van der Waals surface area contributed by atoms with Crippen molar-refractivity contribution in [2.45, 2.75) is 50.6 Å². The van der Waals surface area contributed by atoms with E-state index in [1.165, 1.54) is 25.7 Å². The molecule has 3 atom stereocenters. The summed E-state index contributed by atoms with van der Waals surface area (Å²) in [5.74, 6) is 2.05. The Labute approximate surface area is 83.1 Å². The first kappa shape index (κ1) is 8.41. The Kier molecular flexibility index (Phi) is 1.83. The lowest BCUT2D eigenvalue weighted by molar-refractivity contribution is 0.329. The molecule has 4 heteroatoms. The van der Waals surface area contributed by atoms with Crippen molar-refractivity contribution in [1.29, 1.82) is 0 Å². The molecule has 76 valence electrons. The van der Waals surface area contributed by atoms with Gasteiger partial charge in [0.25, 0.3) is 0 Å². The van der Waals surface area contributed by atoms with Gasteiger partial charge in [-0.1, -0.05) is 11.6 Å². The maximum absolute atomic E-state index is 5.26. The molecule has 4 nitrogen and oxygen atoms in total. The third-order valence-corrected chi connectivity index (χ3v) is 3.40. The SMILES string of the molecule is Cc1noc(C2CC3CCCC2N3)n1. The highest BCUT2D eigenvalue weighted by atomic mass is 16.5. The standard InChI is InChI=1S/C10H15N3O/c1-6-11-10(14-13-6)8-5-7-3-2-4-9(8)12-7/h7-9,12H,2-5H2,1H3. The molecule has 1 aromatic heterocycles. The molecule has 0 aliphatic carbocycles. The summed E-state index contributed by atoms with van der Waals surface area (Å²) in [6.45, 7) is 1.88. The number of aromatic nitrogens is 2. The number of fused-ring (bicyclic) bond motifs is 2. The zero-order chi connectivity index (χ0) is 9.54. The fraction of sp³-hybridized carbons (Fsp3) is 0.800. The number of hydrogen-bond acceptors (Lipinski definition) is 4.